The van der Waals surface area contributed by atoms with Crippen LogP contribution in [0.25, 0.3) is 0 Å². The van der Waals surface area contributed by atoms with Crippen LogP contribution in [0.3, 0.4) is 0 Å². The van der Waals surface area contributed by atoms with Crippen molar-refractivity contribution in [2.75, 3.05) is 18.5 Å². The highest BCUT2D eigenvalue weighted by molar-refractivity contribution is 5.95. The number of hydrogen-bond acceptors (Lipinski definition) is 4. The monoisotopic (exact) mass is 249 g/mol. The van der Waals surface area contributed by atoms with E-state index in [1.807, 2.05) is 6.92 Å². The summed E-state index contributed by atoms with van der Waals surface area (Å²) in [6.45, 7) is 5.48. The van der Waals surface area contributed by atoms with Crippen LogP contribution in [0.2, 0.25) is 0 Å². The van der Waals surface area contributed by atoms with Crippen LogP contribution in [0.5, 0.6) is 5.88 Å². The van der Waals surface area contributed by atoms with E-state index in [1.54, 1.807) is 18.3 Å². The van der Waals surface area contributed by atoms with Gasteiger partial charge in [0.15, 0.2) is 0 Å². The molecule has 5 heteroatoms. The van der Waals surface area contributed by atoms with Gasteiger partial charge >= 0.3 is 0 Å². The summed E-state index contributed by atoms with van der Waals surface area (Å²) in [5, 5.41) is 6.07. The molecule has 0 aromatic carbocycles. The molecule has 18 heavy (non-hydrogen) atoms. The van der Waals surface area contributed by atoms with Gasteiger partial charge < -0.3 is 15.4 Å². The van der Waals surface area contributed by atoms with Gasteiger partial charge in [0.1, 0.15) is 0 Å². The number of ether oxygens (including phenoxy) is 1. The maximum Gasteiger partial charge on any atom is 0.241 e. The second-order valence-corrected chi connectivity index (χ2v) is 4.51. The van der Waals surface area contributed by atoms with Gasteiger partial charge in [0.2, 0.25) is 11.8 Å². The summed E-state index contributed by atoms with van der Waals surface area (Å²) in [5.41, 5.74) is 0.698. The smallest absolute Gasteiger partial charge is 0.241 e. The molecule has 98 valence electrons. The minimum atomic E-state index is -0.100. The van der Waals surface area contributed by atoms with Gasteiger partial charge in [0, 0.05) is 6.07 Å². The molecule has 1 aliphatic rings. The predicted molar refractivity (Wildman–Crippen MR) is 69.6 cm³/mol. The first-order valence-corrected chi connectivity index (χ1v) is 6.34. The summed E-state index contributed by atoms with van der Waals surface area (Å²) < 4.78 is 5.25. The number of nitrogens with one attached hydrogen (secondary N) is 2. The van der Waals surface area contributed by atoms with Crippen LogP contribution in [0.4, 0.5) is 5.69 Å². The average molecular weight is 249 g/mol. The van der Waals surface area contributed by atoms with Crippen LogP contribution in [0.15, 0.2) is 18.3 Å². The number of pyridine rings is 1. The van der Waals surface area contributed by atoms with E-state index in [4.69, 9.17) is 4.74 Å². The second-order valence-electron chi connectivity index (χ2n) is 4.51. The number of amides is 1. The van der Waals surface area contributed by atoms with Crippen molar-refractivity contribution in [2.24, 2.45) is 5.92 Å². The summed E-state index contributed by atoms with van der Waals surface area (Å²) in [5.74, 6) is 0.953. The molecule has 1 fully saturated rings. The zero-order valence-corrected chi connectivity index (χ0v) is 10.8. The minimum Gasteiger partial charge on any atom is -0.478 e. The standard InChI is InChI=1S/C13H19N3O2/c1-3-18-11-5-4-10(8-15-11)16-13(17)12-9(2)6-7-14-12/h4-5,8-9,12,14H,3,6-7H2,1-2H3,(H,16,17). The first-order chi connectivity index (χ1) is 8.70. The molecule has 0 spiro atoms. The molecule has 1 aromatic heterocycles. The largest absolute Gasteiger partial charge is 0.478 e. The molecule has 1 aliphatic heterocycles. The number of nitrogens with zero attached hydrogens (tertiary/aromatic N) is 1. The van der Waals surface area contributed by atoms with E-state index >= 15 is 0 Å². The van der Waals surface area contributed by atoms with E-state index in [0.29, 0.717) is 24.1 Å². The third-order valence-electron chi connectivity index (χ3n) is 3.11. The van der Waals surface area contributed by atoms with E-state index in [0.717, 1.165) is 13.0 Å². The van der Waals surface area contributed by atoms with E-state index in [1.165, 1.54) is 0 Å². The Morgan fingerprint density at radius 3 is 3.00 bits per heavy atom. The highest BCUT2D eigenvalue weighted by Crippen LogP contribution is 2.17. The summed E-state index contributed by atoms with van der Waals surface area (Å²) in [6, 6.07) is 3.46. The summed E-state index contributed by atoms with van der Waals surface area (Å²) in [7, 11) is 0. The molecule has 0 bridgehead atoms. The molecule has 1 aromatic rings. The Morgan fingerprint density at radius 2 is 2.44 bits per heavy atom. The van der Waals surface area contributed by atoms with Crippen molar-refractivity contribution < 1.29 is 9.53 Å². The lowest BCUT2D eigenvalue weighted by Gasteiger charge is -2.15. The molecule has 0 saturated carbocycles. The van der Waals surface area contributed by atoms with Crippen molar-refractivity contribution in [3.8, 4) is 5.88 Å². The molecule has 2 heterocycles. The highest BCUT2D eigenvalue weighted by Gasteiger charge is 2.29. The molecule has 2 atom stereocenters. The van der Waals surface area contributed by atoms with Gasteiger partial charge in [-0.3, -0.25) is 4.79 Å². The Hall–Kier alpha value is -1.62. The van der Waals surface area contributed by atoms with Gasteiger partial charge in [-0.2, -0.15) is 0 Å². The normalized spacial score (nSPS) is 22.8. The predicted octanol–water partition coefficient (Wildman–Crippen LogP) is 1.42. The first kappa shape index (κ1) is 12.8. The summed E-state index contributed by atoms with van der Waals surface area (Å²) >= 11 is 0. The van der Waals surface area contributed by atoms with Crippen LogP contribution < -0.4 is 15.4 Å². The fraction of sp³-hybridized carbons (Fsp3) is 0.538. The molecule has 0 aliphatic carbocycles. The van der Waals surface area contributed by atoms with Crippen molar-refractivity contribution in [1.29, 1.82) is 0 Å². The Labute approximate surface area is 107 Å². The summed E-state index contributed by atoms with van der Waals surface area (Å²) in [6.07, 6.45) is 2.65. The average Bonchev–Trinajstić information content (AvgIpc) is 2.78. The van der Waals surface area contributed by atoms with Crippen LogP contribution in [-0.4, -0.2) is 30.1 Å². The Morgan fingerprint density at radius 1 is 1.61 bits per heavy atom. The third-order valence-corrected chi connectivity index (χ3v) is 3.11. The van der Waals surface area contributed by atoms with Gasteiger partial charge in [-0.25, -0.2) is 4.98 Å². The molecular formula is C13H19N3O2. The third kappa shape index (κ3) is 2.98. The van der Waals surface area contributed by atoms with E-state index in [2.05, 4.69) is 22.5 Å². The fourth-order valence-corrected chi connectivity index (χ4v) is 2.09. The van der Waals surface area contributed by atoms with Crippen LogP contribution in [-0.2, 0) is 4.79 Å². The number of aromatic nitrogens is 1. The maximum atomic E-state index is 12.0. The van der Waals surface area contributed by atoms with E-state index < -0.39 is 0 Å². The number of anilines is 1. The van der Waals surface area contributed by atoms with Crippen LogP contribution in [0, 0.1) is 5.92 Å². The van der Waals surface area contributed by atoms with Crippen molar-refractivity contribution >= 4 is 11.6 Å². The lowest BCUT2D eigenvalue weighted by Crippen LogP contribution is -2.39. The Balaban J connectivity index is 1.94. The molecular weight excluding hydrogens is 230 g/mol. The zero-order chi connectivity index (χ0) is 13.0. The number of rotatable bonds is 4. The van der Waals surface area contributed by atoms with E-state index in [9.17, 15) is 4.79 Å². The second kappa shape index (κ2) is 5.82. The van der Waals surface area contributed by atoms with Gasteiger partial charge in [-0.15, -0.1) is 0 Å². The van der Waals surface area contributed by atoms with Crippen molar-refractivity contribution in [3.63, 3.8) is 0 Å². The van der Waals surface area contributed by atoms with Gasteiger partial charge in [0.05, 0.1) is 24.5 Å². The molecule has 2 unspecified atom stereocenters. The molecule has 2 N–H and O–H groups in total. The number of carbonyl (C=O) groups is 1. The minimum absolute atomic E-state index is 0.00552. The maximum absolute atomic E-state index is 12.0. The lowest BCUT2D eigenvalue weighted by molar-refractivity contribution is -0.118. The van der Waals surface area contributed by atoms with Crippen molar-refractivity contribution in [1.82, 2.24) is 10.3 Å². The lowest BCUT2D eigenvalue weighted by atomic mass is 10.0. The topological polar surface area (TPSA) is 63.2 Å². The molecule has 1 saturated heterocycles. The van der Waals surface area contributed by atoms with Crippen LogP contribution in [0.1, 0.15) is 20.3 Å². The quantitative estimate of drug-likeness (QED) is 0.847. The molecule has 0 radical (unpaired) electrons. The SMILES string of the molecule is CCOc1ccc(NC(=O)C2NCCC2C)cn1. The fourth-order valence-electron chi connectivity index (χ4n) is 2.09. The van der Waals surface area contributed by atoms with Crippen LogP contribution >= 0.6 is 0 Å². The Bertz CT molecular complexity index is 405. The zero-order valence-electron chi connectivity index (χ0n) is 10.8. The number of hydrogen-bond donors (Lipinski definition) is 2. The van der Waals surface area contributed by atoms with Crippen molar-refractivity contribution in [2.45, 2.75) is 26.3 Å². The van der Waals surface area contributed by atoms with Crippen molar-refractivity contribution in [3.05, 3.63) is 18.3 Å². The van der Waals surface area contributed by atoms with E-state index in [-0.39, 0.29) is 11.9 Å². The molecule has 5 nitrogen and oxygen atoms in total. The molecule has 2 rings (SSSR count). The molecule has 1 amide bonds. The van der Waals surface area contributed by atoms with Gasteiger partial charge in [-0.1, -0.05) is 6.92 Å². The summed E-state index contributed by atoms with van der Waals surface area (Å²) in [4.78, 5) is 16.1. The number of carbonyl (C=O) groups excluding carboxylic acids is 1. The Kier molecular flexibility index (Phi) is 4.15. The highest BCUT2D eigenvalue weighted by atomic mass is 16.5. The first-order valence-electron chi connectivity index (χ1n) is 6.34. The van der Waals surface area contributed by atoms with Gasteiger partial charge in [-0.05, 0) is 31.9 Å². The van der Waals surface area contributed by atoms with Gasteiger partial charge in [0.25, 0.3) is 0 Å².